The third kappa shape index (κ3) is 5.64. The first kappa shape index (κ1) is 23.9. The molecule has 0 saturated heterocycles. The largest absolute Gasteiger partial charge is 0.378 e. The Labute approximate surface area is 206 Å². The second kappa shape index (κ2) is 11.3. The number of carbonyl (C=O) groups is 1. The second-order valence-corrected chi connectivity index (χ2v) is 9.11. The molecule has 176 valence electrons. The number of pyridine rings is 1. The lowest BCUT2D eigenvalue weighted by Crippen LogP contribution is -2.24. The van der Waals surface area contributed by atoms with Gasteiger partial charge >= 0.3 is 0 Å². The van der Waals surface area contributed by atoms with Gasteiger partial charge in [-0.1, -0.05) is 30.3 Å². The van der Waals surface area contributed by atoms with Gasteiger partial charge in [-0.15, -0.1) is 22.9 Å². The molecule has 0 unspecified atom stereocenters. The third-order valence-electron chi connectivity index (χ3n) is 5.55. The number of aromatic amines is 2. The molecule has 0 aliphatic carbocycles. The van der Waals surface area contributed by atoms with E-state index in [1.165, 1.54) is 0 Å². The average molecular weight is 497 g/mol. The summed E-state index contributed by atoms with van der Waals surface area (Å²) in [7, 11) is 1.61. The van der Waals surface area contributed by atoms with E-state index < -0.39 is 0 Å². The lowest BCUT2D eigenvalue weighted by atomic mass is 9.99. The highest BCUT2D eigenvalue weighted by Gasteiger charge is 2.20. The summed E-state index contributed by atoms with van der Waals surface area (Å²) in [6, 6.07) is 13.6. The average Bonchev–Trinajstić information content (AvgIpc) is 3.47. The molecule has 1 aromatic carbocycles. The molecule has 0 aliphatic rings. The maximum absolute atomic E-state index is 13.0. The quantitative estimate of drug-likeness (QED) is 0.287. The van der Waals surface area contributed by atoms with Crippen molar-refractivity contribution < 1.29 is 9.53 Å². The summed E-state index contributed by atoms with van der Waals surface area (Å²) >= 11 is 7.53. The fourth-order valence-corrected chi connectivity index (χ4v) is 4.90. The normalized spacial score (nSPS) is 11.0. The van der Waals surface area contributed by atoms with Crippen LogP contribution in [0.1, 0.15) is 48.9 Å². The molecule has 0 saturated carbocycles. The Balaban J connectivity index is 1.49. The maximum Gasteiger partial charge on any atom is 0.272 e. The monoisotopic (exact) mass is 496 g/mol. The van der Waals surface area contributed by atoms with Gasteiger partial charge in [0.15, 0.2) is 5.69 Å². The zero-order valence-corrected chi connectivity index (χ0v) is 20.3. The van der Waals surface area contributed by atoms with E-state index in [0.29, 0.717) is 37.6 Å². The highest BCUT2D eigenvalue weighted by molar-refractivity contribution is 7.10. The Morgan fingerprint density at radius 1 is 1.12 bits per heavy atom. The maximum atomic E-state index is 13.0. The molecule has 0 aliphatic heterocycles. The zero-order chi connectivity index (χ0) is 23.9. The summed E-state index contributed by atoms with van der Waals surface area (Å²) in [6.07, 6.45) is 2.70. The SMILES string of the molecule is COCc1[nH]nc(C(=O)NCc2sccc2CCl)c1Cc1ccc(Cc2ccc[nH]c2=O)cc1. The van der Waals surface area contributed by atoms with E-state index in [-0.39, 0.29) is 11.5 Å². The van der Waals surface area contributed by atoms with E-state index in [2.05, 4.69) is 20.5 Å². The van der Waals surface area contributed by atoms with Crippen LogP contribution in [0.25, 0.3) is 0 Å². The topological polar surface area (TPSA) is 99.9 Å². The first-order valence-electron chi connectivity index (χ1n) is 10.8. The number of methoxy groups -OCH3 is 1. The summed E-state index contributed by atoms with van der Waals surface area (Å²) < 4.78 is 5.30. The van der Waals surface area contributed by atoms with Crippen LogP contribution in [0, 0.1) is 0 Å². The Morgan fingerprint density at radius 2 is 1.88 bits per heavy atom. The van der Waals surface area contributed by atoms with Gasteiger partial charge in [-0.3, -0.25) is 14.7 Å². The fraction of sp³-hybridized carbons (Fsp3) is 0.240. The molecule has 0 bridgehead atoms. The smallest absolute Gasteiger partial charge is 0.272 e. The molecule has 3 aromatic heterocycles. The van der Waals surface area contributed by atoms with Crippen molar-refractivity contribution in [3.8, 4) is 0 Å². The minimum absolute atomic E-state index is 0.0782. The standard InChI is InChI=1S/C25H25ClN4O3S/c1-33-15-21-20(23(30-29-21)25(32)28-14-22-19(13-26)8-10-34-22)12-17-6-4-16(5-7-17)11-18-3-2-9-27-24(18)31/h2-10H,11-15H2,1H3,(H,27,31)(H,28,32)(H,29,30). The predicted molar refractivity (Wildman–Crippen MR) is 133 cm³/mol. The van der Waals surface area contributed by atoms with E-state index in [4.69, 9.17) is 16.3 Å². The van der Waals surface area contributed by atoms with Crippen LogP contribution in [0.3, 0.4) is 0 Å². The number of thiophene rings is 1. The van der Waals surface area contributed by atoms with Crippen LogP contribution in [-0.2, 0) is 36.6 Å². The number of benzene rings is 1. The van der Waals surface area contributed by atoms with Crippen LogP contribution in [-0.4, -0.2) is 28.2 Å². The van der Waals surface area contributed by atoms with Crippen molar-refractivity contribution in [3.63, 3.8) is 0 Å². The summed E-state index contributed by atoms with van der Waals surface area (Å²) in [5.74, 6) is 0.164. The number of halogens is 1. The number of nitrogens with zero attached hydrogens (tertiary/aromatic N) is 1. The third-order valence-corrected chi connectivity index (χ3v) is 6.80. The minimum atomic E-state index is -0.248. The van der Waals surface area contributed by atoms with Gasteiger partial charge in [-0.25, -0.2) is 0 Å². The number of aromatic nitrogens is 3. The van der Waals surface area contributed by atoms with Crippen molar-refractivity contribution in [2.45, 2.75) is 31.9 Å². The van der Waals surface area contributed by atoms with Gasteiger partial charge in [0.05, 0.1) is 18.8 Å². The molecular weight excluding hydrogens is 472 g/mol. The summed E-state index contributed by atoms with van der Waals surface area (Å²) in [5.41, 5.74) is 5.65. The van der Waals surface area contributed by atoms with Gasteiger partial charge in [0.1, 0.15) is 0 Å². The highest BCUT2D eigenvalue weighted by Crippen LogP contribution is 2.21. The molecule has 3 heterocycles. The zero-order valence-electron chi connectivity index (χ0n) is 18.7. The van der Waals surface area contributed by atoms with Gasteiger partial charge in [0, 0.05) is 48.0 Å². The van der Waals surface area contributed by atoms with Gasteiger partial charge in [0.25, 0.3) is 11.5 Å². The minimum Gasteiger partial charge on any atom is -0.378 e. The fourth-order valence-electron chi connectivity index (χ4n) is 3.72. The van der Waals surface area contributed by atoms with Gasteiger partial charge in [-0.05, 0) is 34.2 Å². The molecular formula is C25H25ClN4O3S. The van der Waals surface area contributed by atoms with Crippen molar-refractivity contribution in [1.29, 1.82) is 0 Å². The van der Waals surface area contributed by atoms with Crippen LogP contribution in [0.5, 0.6) is 0 Å². The number of hydrogen-bond donors (Lipinski definition) is 3. The Bertz CT molecular complexity index is 1310. The number of nitrogens with one attached hydrogen (secondary N) is 3. The summed E-state index contributed by atoms with van der Waals surface area (Å²) in [6.45, 7) is 0.726. The molecule has 0 fully saturated rings. The van der Waals surface area contributed by atoms with Crippen LogP contribution < -0.4 is 10.9 Å². The van der Waals surface area contributed by atoms with Crippen LogP contribution >= 0.6 is 22.9 Å². The number of H-pyrrole nitrogens is 2. The summed E-state index contributed by atoms with van der Waals surface area (Å²) in [4.78, 5) is 28.6. The second-order valence-electron chi connectivity index (χ2n) is 7.84. The molecule has 7 nitrogen and oxygen atoms in total. The molecule has 4 rings (SSSR count). The van der Waals surface area contributed by atoms with Crippen molar-refractivity contribution in [2.75, 3.05) is 7.11 Å². The number of amides is 1. The molecule has 9 heteroatoms. The summed E-state index contributed by atoms with van der Waals surface area (Å²) in [5, 5.41) is 12.2. The van der Waals surface area contributed by atoms with Crippen molar-refractivity contribution in [2.24, 2.45) is 0 Å². The van der Waals surface area contributed by atoms with E-state index in [1.807, 2.05) is 47.8 Å². The highest BCUT2D eigenvalue weighted by atomic mass is 35.5. The van der Waals surface area contributed by atoms with Gasteiger partial charge in [0.2, 0.25) is 0 Å². The number of carbonyl (C=O) groups excluding carboxylic acids is 1. The number of ether oxygens (including phenoxy) is 1. The van der Waals surface area contributed by atoms with E-state index in [1.54, 1.807) is 24.6 Å². The predicted octanol–water partition coefficient (Wildman–Crippen LogP) is 4.16. The Kier molecular flexibility index (Phi) is 7.95. The number of rotatable bonds is 10. The van der Waals surface area contributed by atoms with Crippen LogP contribution in [0.15, 0.2) is 58.8 Å². The molecule has 1 amide bonds. The van der Waals surface area contributed by atoms with Crippen molar-refractivity contribution >= 4 is 28.8 Å². The van der Waals surface area contributed by atoms with Crippen molar-refractivity contribution in [1.82, 2.24) is 20.5 Å². The first-order valence-corrected chi connectivity index (χ1v) is 12.2. The molecule has 3 N–H and O–H groups in total. The van der Waals surface area contributed by atoms with Gasteiger partial charge < -0.3 is 15.0 Å². The van der Waals surface area contributed by atoms with Crippen molar-refractivity contribution in [3.05, 3.63) is 108 Å². The number of hydrogen-bond acceptors (Lipinski definition) is 5. The van der Waals surface area contributed by atoms with Crippen LogP contribution in [0.4, 0.5) is 0 Å². The van der Waals surface area contributed by atoms with Crippen LogP contribution in [0.2, 0.25) is 0 Å². The lowest BCUT2D eigenvalue weighted by molar-refractivity contribution is 0.0945. The Hall–Kier alpha value is -3.20. The molecule has 0 spiro atoms. The molecule has 0 radical (unpaired) electrons. The van der Waals surface area contributed by atoms with E-state index in [9.17, 15) is 9.59 Å². The van der Waals surface area contributed by atoms with E-state index in [0.717, 1.165) is 38.4 Å². The lowest BCUT2D eigenvalue weighted by Gasteiger charge is -2.08. The molecule has 0 atom stereocenters. The Morgan fingerprint density at radius 3 is 2.59 bits per heavy atom. The van der Waals surface area contributed by atoms with E-state index >= 15 is 0 Å². The number of alkyl halides is 1. The molecule has 34 heavy (non-hydrogen) atoms. The first-order chi connectivity index (χ1) is 16.6. The molecule has 4 aromatic rings. The van der Waals surface area contributed by atoms with Gasteiger partial charge in [-0.2, -0.15) is 5.10 Å².